The van der Waals surface area contributed by atoms with Crippen molar-refractivity contribution in [2.24, 2.45) is 0 Å². The van der Waals surface area contributed by atoms with E-state index in [9.17, 15) is 4.79 Å². The Hall–Kier alpha value is -1.55. The van der Waals surface area contributed by atoms with Crippen LogP contribution in [0, 0.1) is 6.92 Å². The minimum Gasteiger partial charge on any atom is -0.484 e. The number of aryl methyl sites for hydroxylation is 1. The first-order valence-corrected chi connectivity index (χ1v) is 6.64. The number of hydrogen-bond donors (Lipinski definition) is 2. The Bertz CT molecular complexity index is 478. The van der Waals surface area contributed by atoms with Gasteiger partial charge in [-0.15, -0.1) is 0 Å². The molecule has 0 unspecified atom stereocenters. The van der Waals surface area contributed by atoms with E-state index in [0.29, 0.717) is 19.0 Å². The van der Waals surface area contributed by atoms with Crippen LogP contribution in [0.2, 0.25) is 0 Å². The number of carboxylic acid groups (broad SMARTS) is 1. The zero-order valence-corrected chi connectivity index (χ0v) is 11.7. The molecule has 0 aromatic heterocycles. The van der Waals surface area contributed by atoms with Crippen molar-refractivity contribution < 1.29 is 14.6 Å². The predicted molar refractivity (Wildman–Crippen MR) is 73.7 cm³/mol. The molecule has 1 saturated heterocycles. The lowest BCUT2D eigenvalue weighted by atomic mass is 9.92. The van der Waals surface area contributed by atoms with E-state index in [4.69, 9.17) is 9.84 Å². The van der Waals surface area contributed by atoms with Gasteiger partial charge >= 0.3 is 5.97 Å². The van der Waals surface area contributed by atoms with E-state index >= 15 is 0 Å². The van der Waals surface area contributed by atoms with Crippen molar-refractivity contribution in [3.63, 3.8) is 0 Å². The molecule has 0 bridgehead atoms. The largest absolute Gasteiger partial charge is 0.484 e. The Morgan fingerprint density at radius 2 is 2.16 bits per heavy atom. The van der Waals surface area contributed by atoms with Gasteiger partial charge in [-0.3, -0.25) is 4.79 Å². The van der Waals surface area contributed by atoms with E-state index in [1.54, 1.807) is 0 Å². The van der Waals surface area contributed by atoms with Crippen LogP contribution in [0.25, 0.3) is 0 Å². The quantitative estimate of drug-likeness (QED) is 0.856. The molecule has 4 nitrogen and oxygen atoms in total. The fourth-order valence-electron chi connectivity index (χ4n) is 2.52. The molecule has 2 rings (SSSR count). The molecule has 0 spiro atoms. The molecule has 0 aliphatic carbocycles. The second kappa shape index (κ2) is 5.21. The Morgan fingerprint density at radius 1 is 1.47 bits per heavy atom. The van der Waals surface area contributed by atoms with E-state index in [1.807, 2.05) is 12.1 Å². The Kier molecular flexibility index (Phi) is 3.80. The van der Waals surface area contributed by atoms with E-state index in [1.165, 1.54) is 11.1 Å². The third-order valence-electron chi connectivity index (χ3n) is 3.57. The van der Waals surface area contributed by atoms with Gasteiger partial charge in [0, 0.05) is 13.1 Å². The van der Waals surface area contributed by atoms with E-state index < -0.39 is 11.6 Å². The van der Waals surface area contributed by atoms with Crippen molar-refractivity contribution in [1.82, 2.24) is 5.32 Å². The monoisotopic (exact) mass is 263 g/mol. The van der Waals surface area contributed by atoms with Gasteiger partial charge in [-0.2, -0.15) is 0 Å². The molecule has 19 heavy (non-hydrogen) atoms. The molecule has 1 fully saturated rings. The van der Waals surface area contributed by atoms with Gasteiger partial charge in [-0.1, -0.05) is 19.9 Å². The highest BCUT2D eigenvalue weighted by Crippen LogP contribution is 2.29. The van der Waals surface area contributed by atoms with Gasteiger partial charge < -0.3 is 15.2 Å². The topological polar surface area (TPSA) is 58.6 Å². The standard InChI is InChI=1S/C15H21NO3/c1-10(2)13-5-4-12(6-11(13)3)19-15(7-14(17)18)8-16-9-15/h4-6,10,16H,7-9H2,1-3H3,(H,17,18). The zero-order valence-electron chi connectivity index (χ0n) is 11.7. The maximum absolute atomic E-state index is 10.9. The van der Waals surface area contributed by atoms with Crippen LogP contribution >= 0.6 is 0 Å². The molecule has 1 aliphatic heterocycles. The number of rotatable bonds is 5. The first kappa shape index (κ1) is 13.9. The summed E-state index contributed by atoms with van der Waals surface area (Å²) in [5.74, 6) is 0.411. The fourth-order valence-corrected chi connectivity index (χ4v) is 2.52. The highest BCUT2D eigenvalue weighted by molar-refractivity contribution is 5.68. The molecule has 1 aliphatic rings. The van der Waals surface area contributed by atoms with E-state index in [-0.39, 0.29) is 6.42 Å². The summed E-state index contributed by atoms with van der Waals surface area (Å²) in [6.07, 6.45) is 0.0327. The summed E-state index contributed by atoms with van der Waals surface area (Å²) in [4.78, 5) is 10.9. The summed E-state index contributed by atoms with van der Waals surface area (Å²) in [6.45, 7) is 7.55. The van der Waals surface area contributed by atoms with Crippen molar-refractivity contribution in [1.29, 1.82) is 0 Å². The summed E-state index contributed by atoms with van der Waals surface area (Å²) in [5, 5.41) is 12.0. The van der Waals surface area contributed by atoms with Gasteiger partial charge in [0.1, 0.15) is 11.4 Å². The number of benzene rings is 1. The smallest absolute Gasteiger partial charge is 0.307 e. The van der Waals surface area contributed by atoms with Crippen LogP contribution in [0.5, 0.6) is 5.75 Å². The average molecular weight is 263 g/mol. The van der Waals surface area contributed by atoms with Crippen LogP contribution in [-0.4, -0.2) is 29.8 Å². The molecular weight excluding hydrogens is 242 g/mol. The van der Waals surface area contributed by atoms with Gasteiger partial charge in [0.25, 0.3) is 0 Å². The minimum atomic E-state index is -0.822. The Labute approximate surface area is 113 Å². The van der Waals surface area contributed by atoms with Crippen LogP contribution in [0.15, 0.2) is 18.2 Å². The number of carbonyl (C=O) groups is 1. The number of aliphatic carboxylic acids is 1. The summed E-state index contributed by atoms with van der Waals surface area (Å²) in [5.41, 5.74) is 1.90. The van der Waals surface area contributed by atoms with Crippen molar-refractivity contribution in [3.8, 4) is 5.75 Å². The molecule has 0 radical (unpaired) electrons. The molecule has 2 N–H and O–H groups in total. The third-order valence-corrected chi connectivity index (χ3v) is 3.57. The van der Waals surface area contributed by atoms with Crippen molar-refractivity contribution in [2.75, 3.05) is 13.1 Å². The molecular formula is C15H21NO3. The molecule has 1 aromatic carbocycles. The third kappa shape index (κ3) is 3.07. The van der Waals surface area contributed by atoms with Crippen LogP contribution in [0.3, 0.4) is 0 Å². The summed E-state index contributed by atoms with van der Waals surface area (Å²) >= 11 is 0. The molecule has 4 heteroatoms. The van der Waals surface area contributed by atoms with Crippen LogP contribution in [-0.2, 0) is 4.79 Å². The molecule has 0 amide bonds. The lowest BCUT2D eigenvalue weighted by molar-refractivity contribution is -0.143. The average Bonchev–Trinajstić information content (AvgIpc) is 2.25. The maximum atomic E-state index is 10.9. The Balaban J connectivity index is 2.14. The summed E-state index contributed by atoms with van der Waals surface area (Å²) in [6, 6.07) is 6.00. The lowest BCUT2D eigenvalue weighted by Gasteiger charge is -2.41. The van der Waals surface area contributed by atoms with Gasteiger partial charge in [0.2, 0.25) is 0 Å². The number of carboxylic acids is 1. The second-order valence-corrected chi connectivity index (χ2v) is 5.63. The van der Waals surface area contributed by atoms with Gasteiger partial charge in [-0.05, 0) is 36.1 Å². The molecule has 1 heterocycles. The highest BCUT2D eigenvalue weighted by atomic mass is 16.5. The number of hydrogen-bond acceptors (Lipinski definition) is 3. The fraction of sp³-hybridized carbons (Fsp3) is 0.533. The normalized spacial score (nSPS) is 17.1. The van der Waals surface area contributed by atoms with Gasteiger partial charge in [0.15, 0.2) is 0 Å². The number of ether oxygens (including phenoxy) is 1. The van der Waals surface area contributed by atoms with Crippen LogP contribution < -0.4 is 10.1 Å². The molecule has 104 valence electrons. The zero-order chi connectivity index (χ0) is 14.0. The molecule has 0 saturated carbocycles. The summed E-state index contributed by atoms with van der Waals surface area (Å²) < 4.78 is 5.92. The minimum absolute atomic E-state index is 0.0327. The SMILES string of the molecule is Cc1cc(OC2(CC(=O)O)CNC2)ccc1C(C)C. The lowest BCUT2D eigenvalue weighted by Crippen LogP contribution is -2.64. The number of nitrogens with one attached hydrogen (secondary N) is 1. The van der Waals surface area contributed by atoms with E-state index in [0.717, 1.165) is 5.75 Å². The molecule has 0 atom stereocenters. The summed E-state index contributed by atoms with van der Waals surface area (Å²) in [7, 11) is 0. The van der Waals surface area contributed by atoms with Crippen LogP contribution in [0.1, 0.15) is 37.3 Å². The second-order valence-electron chi connectivity index (χ2n) is 5.63. The van der Waals surface area contributed by atoms with Crippen molar-refractivity contribution >= 4 is 5.97 Å². The van der Waals surface area contributed by atoms with Crippen molar-refractivity contribution in [3.05, 3.63) is 29.3 Å². The maximum Gasteiger partial charge on any atom is 0.307 e. The predicted octanol–water partition coefficient (Wildman–Crippen LogP) is 2.31. The first-order chi connectivity index (χ1) is 8.92. The Morgan fingerprint density at radius 3 is 2.58 bits per heavy atom. The highest BCUT2D eigenvalue weighted by Gasteiger charge is 2.41. The van der Waals surface area contributed by atoms with Gasteiger partial charge in [0.05, 0.1) is 6.42 Å². The van der Waals surface area contributed by atoms with Crippen molar-refractivity contribution in [2.45, 2.75) is 38.7 Å². The van der Waals surface area contributed by atoms with Gasteiger partial charge in [-0.25, -0.2) is 0 Å². The molecule has 1 aromatic rings. The van der Waals surface area contributed by atoms with E-state index in [2.05, 4.69) is 32.2 Å². The first-order valence-electron chi connectivity index (χ1n) is 6.64. The van der Waals surface area contributed by atoms with Crippen LogP contribution in [0.4, 0.5) is 0 Å².